The number of anilines is 1. The summed E-state index contributed by atoms with van der Waals surface area (Å²) in [6.07, 6.45) is 0.218. The maximum Gasteiger partial charge on any atom is 0.175 e. The van der Waals surface area contributed by atoms with Crippen molar-refractivity contribution in [1.29, 1.82) is 0 Å². The van der Waals surface area contributed by atoms with Gasteiger partial charge in [0.25, 0.3) is 0 Å². The predicted molar refractivity (Wildman–Crippen MR) is 84.4 cm³/mol. The molecule has 0 saturated carbocycles. The van der Waals surface area contributed by atoms with Crippen molar-refractivity contribution in [3.8, 4) is 0 Å². The van der Waals surface area contributed by atoms with Gasteiger partial charge in [0.15, 0.2) is 9.84 Å². The molecule has 0 aliphatic heterocycles. The normalized spacial score (nSPS) is 12.9. The third kappa shape index (κ3) is 4.19. The smallest absolute Gasteiger partial charge is 0.175 e. The van der Waals surface area contributed by atoms with E-state index in [4.69, 9.17) is 11.6 Å². The lowest BCUT2D eigenvalue weighted by molar-refractivity contribution is 0.191. The topological polar surface area (TPSA) is 66.4 Å². The van der Waals surface area contributed by atoms with Gasteiger partial charge in [-0.3, -0.25) is 0 Å². The molecular weight excluding hydrogens is 329 g/mol. The van der Waals surface area contributed by atoms with Crippen LogP contribution < -0.4 is 5.32 Å². The summed E-state index contributed by atoms with van der Waals surface area (Å²) in [6.45, 7) is 0.152. The largest absolute Gasteiger partial charge is 0.387 e. The molecule has 22 heavy (non-hydrogen) atoms. The fourth-order valence-corrected chi connectivity index (χ4v) is 2.62. The molecule has 4 nitrogen and oxygen atoms in total. The summed E-state index contributed by atoms with van der Waals surface area (Å²) in [4.78, 5) is 0.221. The van der Waals surface area contributed by atoms with Crippen LogP contribution in [-0.2, 0) is 9.84 Å². The zero-order chi connectivity index (χ0) is 16.3. The zero-order valence-electron chi connectivity index (χ0n) is 11.8. The van der Waals surface area contributed by atoms with Gasteiger partial charge in [-0.1, -0.05) is 17.7 Å². The molecule has 1 atom stereocenters. The van der Waals surface area contributed by atoms with Gasteiger partial charge < -0.3 is 10.4 Å². The molecule has 118 valence electrons. The Morgan fingerprint density at radius 1 is 1.23 bits per heavy atom. The van der Waals surface area contributed by atoms with E-state index >= 15 is 0 Å². The molecule has 0 fully saturated rings. The highest BCUT2D eigenvalue weighted by atomic mass is 35.5. The Hall–Kier alpha value is -1.63. The number of nitrogens with one attached hydrogen (secondary N) is 1. The summed E-state index contributed by atoms with van der Waals surface area (Å²) in [6, 6.07) is 10.3. The minimum absolute atomic E-state index is 0.000253. The molecule has 2 rings (SSSR count). The number of aliphatic hydroxyl groups excluding tert-OH is 1. The summed E-state index contributed by atoms with van der Waals surface area (Å²) in [5.41, 5.74) is 1.06. The summed E-state index contributed by atoms with van der Waals surface area (Å²) in [7, 11) is -3.23. The van der Waals surface area contributed by atoms with Crippen molar-refractivity contribution in [1.82, 2.24) is 0 Å². The van der Waals surface area contributed by atoms with Crippen molar-refractivity contribution < 1.29 is 17.9 Å². The maximum absolute atomic E-state index is 13.3. The third-order valence-electron chi connectivity index (χ3n) is 3.11. The summed E-state index contributed by atoms with van der Waals surface area (Å²) in [5.74, 6) is -0.587. The maximum atomic E-state index is 13.3. The fraction of sp³-hybridized carbons (Fsp3) is 0.200. The zero-order valence-corrected chi connectivity index (χ0v) is 13.3. The van der Waals surface area contributed by atoms with Crippen molar-refractivity contribution in [2.24, 2.45) is 0 Å². The number of aliphatic hydroxyl groups is 1. The average Bonchev–Trinajstić information content (AvgIpc) is 2.47. The first-order chi connectivity index (χ1) is 10.3. The van der Waals surface area contributed by atoms with Crippen LogP contribution in [0.5, 0.6) is 0 Å². The molecule has 0 heterocycles. The fourth-order valence-electron chi connectivity index (χ4n) is 1.87. The molecule has 0 saturated heterocycles. The van der Waals surface area contributed by atoms with Crippen molar-refractivity contribution in [3.63, 3.8) is 0 Å². The van der Waals surface area contributed by atoms with Crippen LogP contribution in [0.3, 0.4) is 0 Å². The van der Waals surface area contributed by atoms with Gasteiger partial charge in [-0.15, -0.1) is 0 Å². The lowest BCUT2D eigenvalue weighted by Crippen LogP contribution is -2.12. The molecule has 0 spiro atoms. The molecule has 0 amide bonds. The van der Waals surface area contributed by atoms with Crippen LogP contribution in [0.25, 0.3) is 0 Å². The molecule has 0 aliphatic carbocycles. The first-order valence-corrected chi connectivity index (χ1v) is 8.71. The lowest BCUT2D eigenvalue weighted by atomic mass is 10.1. The number of sulfone groups is 1. The monoisotopic (exact) mass is 343 g/mol. The Morgan fingerprint density at radius 2 is 1.86 bits per heavy atom. The van der Waals surface area contributed by atoms with E-state index in [2.05, 4.69) is 5.32 Å². The van der Waals surface area contributed by atoms with Gasteiger partial charge in [0.05, 0.1) is 16.0 Å². The van der Waals surface area contributed by atoms with Gasteiger partial charge in [0.2, 0.25) is 0 Å². The highest BCUT2D eigenvalue weighted by Gasteiger charge is 2.11. The van der Waals surface area contributed by atoms with Crippen molar-refractivity contribution >= 4 is 27.1 Å². The molecule has 2 N–H and O–H groups in total. The van der Waals surface area contributed by atoms with Crippen molar-refractivity contribution in [2.75, 3.05) is 18.1 Å². The van der Waals surface area contributed by atoms with Gasteiger partial charge in [0.1, 0.15) is 5.82 Å². The number of rotatable bonds is 5. The van der Waals surface area contributed by atoms with E-state index in [9.17, 15) is 17.9 Å². The minimum Gasteiger partial charge on any atom is -0.387 e. The second-order valence-electron chi connectivity index (χ2n) is 4.87. The van der Waals surface area contributed by atoms with Crippen LogP contribution in [0.15, 0.2) is 47.4 Å². The second kappa shape index (κ2) is 6.64. The van der Waals surface area contributed by atoms with Crippen LogP contribution in [0.1, 0.15) is 11.7 Å². The second-order valence-corrected chi connectivity index (χ2v) is 7.29. The van der Waals surface area contributed by atoms with E-state index in [0.29, 0.717) is 11.3 Å². The minimum atomic E-state index is -3.23. The van der Waals surface area contributed by atoms with Gasteiger partial charge >= 0.3 is 0 Å². The summed E-state index contributed by atoms with van der Waals surface area (Å²) < 4.78 is 36.0. The highest BCUT2D eigenvalue weighted by molar-refractivity contribution is 7.90. The number of benzene rings is 2. The molecule has 0 radical (unpaired) electrons. The Kier molecular flexibility index (Phi) is 5.05. The molecular formula is C15H15ClFNO3S. The predicted octanol–water partition coefficient (Wildman–Crippen LogP) is 3.03. The van der Waals surface area contributed by atoms with Crippen LogP contribution in [0.2, 0.25) is 5.02 Å². The Balaban J connectivity index is 2.01. The first kappa shape index (κ1) is 16.7. The van der Waals surface area contributed by atoms with E-state index in [-0.39, 0.29) is 16.5 Å². The molecule has 2 aromatic rings. The van der Waals surface area contributed by atoms with Gasteiger partial charge in [-0.2, -0.15) is 0 Å². The Labute approximate surface area is 133 Å². The molecule has 0 aliphatic rings. The lowest BCUT2D eigenvalue weighted by Gasteiger charge is -2.14. The molecule has 7 heteroatoms. The SMILES string of the molecule is CS(=O)(=O)c1ccc(NCC(O)c2ccc(Cl)c(F)c2)cc1. The molecule has 2 aromatic carbocycles. The van der Waals surface area contributed by atoms with E-state index in [1.807, 2.05) is 0 Å². The van der Waals surface area contributed by atoms with E-state index in [1.165, 1.54) is 24.3 Å². The molecule has 1 unspecified atom stereocenters. The summed E-state index contributed by atoms with van der Waals surface area (Å²) >= 11 is 5.59. The standard InChI is InChI=1S/C15H15ClFNO3S/c1-22(20,21)12-5-3-11(4-6-12)18-9-15(19)10-2-7-13(16)14(17)8-10/h2-8,15,18-19H,9H2,1H3. The van der Waals surface area contributed by atoms with Crippen LogP contribution in [0, 0.1) is 5.82 Å². The van der Waals surface area contributed by atoms with Gasteiger partial charge in [-0.05, 0) is 42.0 Å². The van der Waals surface area contributed by atoms with Gasteiger partial charge in [-0.25, -0.2) is 12.8 Å². The van der Waals surface area contributed by atoms with Gasteiger partial charge in [0, 0.05) is 18.5 Å². The van der Waals surface area contributed by atoms with Crippen LogP contribution in [-0.4, -0.2) is 26.3 Å². The van der Waals surface area contributed by atoms with Crippen LogP contribution >= 0.6 is 11.6 Å². The molecule has 0 bridgehead atoms. The quantitative estimate of drug-likeness (QED) is 0.875. The Morgan fingerprint density at radius 3 is 2.41 bits per heavy atom. The molecule has 0 aromatic heterocycles. The van der Waals surface area contributed by atoms with Crippen LogP contribution in [0.4, 0.5) is 10.1 Å². The van der Waals surface area contributed by atoms with E-state index < -0.39 is 21.8 Å². The first-order valence-electron chi connectivity index (χ1n) is 6.44. The van der Waals surface area contributed by atoms with Crippen molar-refractivity contribution in [2.45, 2.75) is 11.0 Å². The summed E-state index contributed by atoms with van der Waals surface area (Å²) in [5, 5.41) is 13.0. The number of halogens is 2. The third-order valence-corrected chi connectivity index (χ3v) is 4.55. The number of hydrogen-bond acceptors (Lipinski definition) is 4. The van der Waals surface area contributed by atoms with Crippen molar-refractivity contribution in [3.05, 3.63) is 58.9 Å². The van der Waals surface area contributed by atoms with E-state index in [1.54, 1.807) is 18.2 Å². The highest BCUT2D eigenvalue weighted by Crippen LogP contribution is 2.21. The number of hydrogen-bond donors (Lipinski definition) is 2. The van der Waals surface area contributed by atoms with E-state index in [0.717, 1.165) is 6.26 Å². The Bertz CT molecular complexity index is 763. The average molecular weight is 344 g/mol.